The smallest absolute Gasteiger partial charge is 0.287 e. The number of guanidine groups is 1. The highest BCUT2D eigenvalue weighted by molar-refractivity contribution is 5.92. The highest BCUT2D eigenvalue weighted by Crippen LogP contribution is 2.12. The second kappa shape index (κ2) is 10.7. The van der Waals surface area contributed by atoms with Crippen LogP contribution in [0.15, 0.2) is 21.7 Å². The van der Waals surface area contributed by atoms with Crippen molar-refractivity contribution < 1.29 is 14.0 Å². The van der Waals surface area contributed by atoms with Gasteiger partial charge in [0.1, 0.15) is 0 Å². The molecule has 1 aliphatic heterocycles. The van der Waals surface area contributed by atoms with Crippen molar-refractivity contribution in [1.29, 1.82) is 0 Å². The van der Waals surface area contributed by atoms with Crippen molar-refractivity contribution in [2.45, 2.75) is 46.6 Å². The first-order valence-corrected chi connectivity index (χ1v) is 10.1. The van der Waals surface area contributed by atoms with Gasteiger partial charge in [0.2, 0.25) is 5.91 Å². The largest absolute Gasteiger partial charge is 0.459 e. The molecule has 3 N–H and O–H groups in total. The van der Waals surface area contributed by atoms with Crippen LogP contribution in [0.4, 0.5) is 0 Å². The summed E-state index contributed by atoms with van der Waals surface area (Å²) in [5, 5.41) is 9.50. The number of hydrogen-bond acceptors (Lipinski definition) is 4. The number of aryl methyl sites for hydroxylation is 1. The molecule has 0 aliphatic carbocycles. The highest BCUT2D eigenvalue weighted by Gasteiger charge is 2.27. The third-order valence-electron chi connectivity index (χ3n) is 4.64. The summed E-state index contributed by atoms with van der Waals surface area (Å²) in [4.78, 5) is 30.6. The maximum absolute atomic E-state index is 12.1. The van der Waals surface area contributed by atoms with Crippen LogP contribution < -0.4 is 16.0 Å². The van der Waals surface area contributed by atoms with Crippen LogP contribution in [0.1, 0.15) is 49.7 Å². The topological polar surface area (TPSA) is 99.0 Å². The molecule has 0 saturated carbocycles. The minimum Gasteiger partial charge on any atom is -0.459 e. The highest BCUT2D eigenvalue weighted by atomic mass is 16.3. The van der Waals surface area contributed by atoms with Crippen molar-refractivity contribution in [3.8, 4) is 0 Å². The Kier molecular flexibility index (Phi) is 8.35. The SMILES string of the molecule is CCNC(=NCCCNC(=O)c1occc1C)NC1CCN(C(=O)C(C)C)C1. The lowest BCUT2D eigenvalue weighted by atomic mass is 10.2. The van der Waals surface area contributed by atoms with E-state index in [0.29, 0.717) is 25.4 Å². The van der Waals surface area contributed by atoms with Crippen LogP contribution in [0.25, 0.3) is 0 Å². The molecule has 0 aromatic carbocycles. The predicted molar refractivity (Wildman–Crippen MR) is 109 cm³/mol. The molecule has 28 heavy (non-hydrogen) atoms. The summed E-state index contributed by atoms with van der Waals surface area (Å²) in [6, 6.07) is 1.98. The number of furan rings is 1. The van der Waals surface area contributed by atoms with Gasteiger partial charge in [0.25, 0.3) is 5.91 Å². The first kappa shape index (κ1) is 21.8. The number of hydrogen-bond donors (Lipinski definition) is 3. The zero-order valence-electron chi connectivity index (χ0n) is 17.4. The van der Waals surface area contributed by atoms with E-state index < -0.39 is 0 Å². The molecule has 156 valence electrons. The number of likely N-dealkylation sites (tertiary alicyclic amines) is 1. The zero-order valence-corrected chi connectivity index (χ0v) is 17.4. The van der Waals surface area contributed by atoms with Crippen molar-refractivity contribution in [1.82, 2.24) is 20.9 Å². The molecule has 2 heterocycles. The second-order valence-corrected chi connectivity index (χ2v) is 7.37. The fourth-order valence-electron chi connectivity index (χ4n) is 3.11. The van der Waals surface area contributed by atoms with E-state index >= 15 is 0 Å². The molecule has 0 bridgehead atoms. The summed E-state index contributed by atoms with van der Waals surface area (Å²) in [5.74, 6) is 1.15. The van der Waals surface area contributed by atoms with E-state index in [0.717, 1.165) is 37.5 Å². The van der Waals surface area contributed by atoms with Gasteiger partial charge in [0.15, 0.2) is 11.7 Å². The maximum Gasteiger partial charge on any atom is 0.287 e. The van der Waals surface area contributed by atoms with Crippen LogP contribution in [0.3, 0.4) is 0 Å². The fraction of sp³-hybridized carbons (Fsp3) is 0.650. The third kappa shape index (κ3) is 6.28. The van der Waals surface area contributed by atoms with E-state index in [1.54, 1.807) is 6.07 Å². The molecule has 0 radical (unpaired) electrons. The van der Waals surface area contributed by atoms with Gasteiger partial charge in [-0.2, -0.15) is 0 Å². The molecule has 1 atom stereocenters. The molecule has 2 amide bonds. The predicted octanol–water partition coefficient (Wildman–Crippen LogP) is 1.52. The first-order valence-electron chi connectivity index (χ1n) is 10.1. The van der Waals surface area contributed by atoms with Crippen molar-refractivity contribution in [3.05, 3.63) is 23.7 Å². The Morgan fingerprint density at radius 1 is 1.36 bits per heavy atom. The summed E-state index contributed by atoms with van der Waals surface area (Å²) in [5.41, 5.74) is 0.829. The molecule has 8 heteroatoms. The average Bonchev–Trinajstić information content (AvgIpc) is 3.29. The number of nitrogens with one attached hydrogen (secondary N) is 3. The van der Waals surface area contributed by atoms with Gasteiger partial charge >= 0.3 is 0 Å². The summed E-state index contributed by atoms with van der Waals surface area (Å²) in [7, 11) is 0. The molecule has 1 saturated heterocycles. The molecule has 1 aromatic rings. The zero-order chi connectivity index (χ0) is 20.5. The molecule has 1 unspecified atom stereocenters. The van der Waals surface area contributed by atoms with E-state index in [9.17, 15) is 9.59 Å². The monoisotopic (exact) mass is 391 g/mol. The number of amides is 2. The van der Waals surface area contributed by atoms with E-state index in [-0.39, 0.29) is 23.8 Å². The van der Waals surface area contributed by atoms with Gasteiger partial charge in [0.05, 0.1) is 6.26 Å². The van der Waals surface area contributed by atoms with Crippen LogP contribution in [0.2, 0.25) is 0 Å². The molecular formula is C20H33N5O3. The van der Waals surface area contributed by atoms with Crippen molar-refractivity contribution in [2.75, 3.05) is 32.7 Å². The first-order chi connectivity index (χ1) is 13.4. The van der Waals surface area contributed by atoms with Crippen molar-refractivity contribution in [3.63, 3.8) is 0 Å². The molecule has 8 nitrogen and oxygen atoms in total. The van der Waals surface area contributed by atoms with Gasteiger partial charge in [-0.3, -0.25) is 14.6 Å². The van der Waals surface area contributed by atoms with Gasteiger partial charge < -0.3 is 25.3 Å². The van der Waals surface area contributed by atoms with Crippen LogP contribution in [0.5, 0.6) is 0 Å². The van der Waals surface area contributed by atoms with Gasteiger partial charge in [-0.25, -0.2) is 0 Å². The maximum atomic E-state index is 12.1. The molecule has 2 rings (SSSR count). The summed E-state index contributed by atoms with van der Waals surface area (Å²) >= 11 is 0. The number of aliphatic imine (C=N–C) groups is 1. The Morgan fingerprint density at radius 2 is 2.14 bits per heavy atom. The summed E-state index contributed by atoms with van der Waals surface area (Å²) < 4.78 is 5.18. The number of carbonyl (C=O) groups is 2. The molecule has 0 spiro atoms. The molecular weight excluding hydrogens is 358 g/mol. The minimum atomic E-state index is -0.197. The molecule has 1 fully saturated rings. The Hall–Kier alpha value is -2.51. The Balaban J connectivity index is 1.74. The van der Waals surface area contributed by atoms with Crippen molar-refractivity contribution >= 4 is 17.8 Å². The molecule has 1 aromatic heterocycles. The lowest BCUT2D eigenvalue weighted by Gasteiger charge is -2.20. The van der Waals surface area contributed by atoms with Gasteiger partial charge in [0, 0.05) is 50.2 Å². The lowest BCUT2D eigenvalue weighted by Crippen LogP contribution is -2.45. The van der Waals surface area contributed by atoms with Crippen LogP contribution in [-0.4, -0.2) is 61.4 Å². The summed E-state index contributed by atoms with van der Waals surface area (Å²) in [6.07, 6.45) is 3.16. The standard InChI is InChI=1S/C20H33N5O3/c1-5-21-20(24-16-7-11-25(13-16)19(27)14(2)3)23-10-6-9-22-18(26)17-15(4)8-12-28-17/h8,12,14,16H,5-7,9-11,13H2,1-4H3,(H,22,26)(H2,21,23,24). The van der Waals surface area contributed by atoms with Gasteiger partial charge in [-0.05, 0) is 32.8 Å². The summed E-state index contributed by atoms with van der Waals surface area (Å²) in [6.45, 7) is 11.1. The van der Waals surface area contributed by atoms with Crippen LogP contribution in [0, 0.1) is 12.8 Å². The Labute approximate surface area is 167 Å². The van der Waals surface area contributed by atoms with Gasteiger partial charge in [-0.15, -0.1) is 0 Å². The number of nitrogens with zero attached hydrogens (tertiary/aromatic N) is 2. The third-order valence-corrected chi connectivity index (χ3v) is 4.64. The quantitative estimate of drug-likeness (QED) is 0.354. The number of rotatable bonds is 8. The van der Waals surface area contributed by atoms with Crippen LogP contribution >= 0.6 is 0 Å². The Morgan fingerprint density at radius 3 is 2.79 bits per heavy atom. The molecule has 1 aliphatic rings. The van der Waals surface area contributed by atoms with E-state index in [2.05, 4.69) is 20.9 Å². The van der Waals surface area contributed by atoms with Crippen LogP contribution in [-0.2, 0) is 4.79 Å². The second-order valence-electron chi connectivity index (χ2n) is 7.37. The van der Waals surface area contributed by atoms with E-state index in [4.69, 9.17) is 4.42 Å². The minimum absolute atomic E-state index is 0.0285. The van der Waals surface area contributed by atoms with E-state index in [1.807, 2.05) is 32.6 Å². The van der Waals surface area contributed by atoms with Gasteiger partial charge in [-0.1, -0.05) is 13.8 Å². The van der Waals surface area contributed by atoms with Crippen molar-refractivity contribution in [2.24, 2.45) is 10.9 Å². The lowest BCUT2D eigenvalue weighted by molar-refractivity contribution is -0.133. The van der Waals surface area contributed by atoms with E-state index in [1.165, 1.54) is 6.26 Å². The Bertz CT molecular complexity index is 683. The number of carbonyl (C=O) groups excluding carboxylic acids is 2. The normalized spacial score (nSPS) is 17.1. The average molecular weight is 392 g/mol. The fourth-order valence-corrected chi connectivity index (χ4v) is 3.11.